The Hall–Kier alpha value is -2.08. The number of amides is 2. The molecule has 0 spiro atoms. The highest BCUT2D eigenvalue weighted by atomic mass is 16.5. The van der Waals surface area contributed by atoms with E-state index in [9.17, 15) is 9.59 Å². The first-order valence-corrected chi connectivity index (χ1v) is 5.55. The fourth-order valence-electron chi connectivity index (χ4n) is 1.19. The fraction of sp³-hybridized carbons (Fsp3) is 0.333. The van der Waals surface area contributed by atoms with Crippen molar-refractivity contribution in [2.45, 2.75) is 6.92 Å². The van der Waals surface area contributed by atoms with E-state index < -0.39 is 5.91 Å². The minimum absolute atomic E-state index is 0.162. The first-order valence-electron chi connectivity index (χ1n) is 5.55. The van der Waals surface area contributed by atoms with Gasteiger partial charge in [-0.2, -0.15) is 0 Å². The van der Waals surface area contributed by atoms with Gasteiger partial charge in [-0.3, -0.25) is 9.59 Å². The average Bonchev–Trinajstić information content (AvgIpc) is 2.35. The molecule has 6 heteroatoms. The normalized spacial score (nSPS) is 11.7. The van der Waals surface area contributed by atoms with Crippen LogP contribution < -0.4 is 21.5 Å². The van der Waals surface area contributed by atoms with Gasteiger partial charge in [0.05, 0.1) is 0 Å². The maximum absolute atomic E-state index is 11.6. The summed E-state index contributed by atoms with van der Waals surface area (Å²) in [5.41, 5.74) is 11.0. The highest BCUT2D eigenvalue weighted by Crippen LogP contribution is 2.17. The summed E-state index contributed by atoms with van der Waals surface area (Å²) in [6, 6.07) is 6.71. The number of hydrogen-bond acceptors (Lipinski definition) is 4. The van der Waals surface area contributed by atoms with Gasteiger partial charge in [0.15, 0.2) is 6.61 Å². The molecule has 0 saturated carbocycles. The van der Waals surface area contributed by atoms with Gasteiger partial charge in [0.1, 0.15) is 5.75 Å². The summed E-state index contributed by atoms with van der Waals surface area (Å²) in [5, 5.41) is 2.71. The minimum atomic E-state index is -0.554. The molecule has 98 valence electrons. The van der Waals surface area contributed by atoms with Crippen LogP contribution in [0.25, 0.3) is 0 Å². The molecule has 0 aromatic heterocycles. The van der Waals surface area contributed by atoms with Gasteiger partial charge >= 0.3 is 0 Å². The fourth-order valence-corrected chi connectivity index (χ4v) is 1.19. The maximum Gasteiger partial charge on any atom is 0.255 e. The quantitative estimate of drug-likeness (QED) is 0.665. The van der Waals surface area contributed by atoms with Gasteiger partial charge in [-0.25, -0.2) is 0 Å². The van der Waals surface area contributed by atoms with E-state index in [1.165, 1.54) is 0 Å². The molecule has 1 aromatic carbocycles. The number of ether oxygens (including phenoxy) is 1. The molecule has 0 fully saturated rings. The molecule has 1 unspecified atom stereocenters. The molecule has 2 amide bonds. The Bertz CT molecular complexity index is 434. The Morgan fingerprint density at radius 2 is 2.17 bits per heavy atom. The zero-order valence-corrected chi connectivity index (χ0v) is 10.2. The van der Waals surface area contributed by atoms with Crippen LogP contribution in [0.3, 0.4) is 0 Å². The van der Waals surface area contributed by atoms with Crippen molar-refractivity contribution >= 4 is 17.5 Å². The topological polar surface area (TPSA) is 107 Å². The molecule has 0 aliphatic heterocycles. The van der Waals surface area contributed by atoms with Crippen LogP contribution in [0.1, 0.15) is 6.92 Å². The van der Waals surface area contributed by atoms with Gasteiger partial charge in [0.25, 0.3) is 5.91 Å². The van der Waals surface area contributed by atoms with E-state index in [1.807, 2.05) is 0 Å². The molecule has 6 nitrogen and oxygen atoms in total. The second-order valence-electron chi connectivity index (χ2n) is 3.91. The summed E-state index contributed by atoms with van der Waals surface area (Å²) < 4.78 is 5.13. The van der Waals surface area contributed by atoms with Crippen LogP contribution in [0.5, 0.6) is 5.75 Å². The lowest BCUT2D eigenvalue weighted by atomic mass is 10.1. The van der Waals surface area contributed by atoms with E-state index in [2.05, 4.69) is 5.32 Å². The average molecular weight is 251 g/mol. The lowest BCUT2D eigenvalue weighted by Gasteiger charge is -2.11. The molecule has 0 aliphatic carbocycles. The van der Waals surface area contributed by atoms with Crippen LogP contribution in [0.15, 0.2) is 24.3 Å². The molecular formula is C12H17N3O3. The first kappa shape index (κ1) is 14.0. The van der Waals surface area contributed by atoms with Crippen molar-refractivity contribution in [1.82, 2.24) is 0 Å². The van der Waals surface area contributed by atoms with E-state index in [1.54, 1.807) is 31.2 Å². The molecule has 0 saturated heterocycles. The van der Waals surface area contributed by atoms with E-state index in [0.29, 0.717) is 11.4 Å². The minimum Gasteiger partial charge on any atom is -0.484 e. The number of nitrogens with one attached hydrogen (secondary N) is 1. The highest BCUT2D eigenvalue weighted by Gasteiger charge is 2.11. The number of nitrogens with two attached hydrogens (primary N) is 2. The molecular weight excluding hydrogens is 234 g/mol. The van der Waals surface area contributed by atoms with Crippen molar-refractivity contribution in [3.63, 3.8) is 0 Å². The van der Waals surface area contributed by atoms with Gasteiger partial charge in [0, 0.05) is 24.2 Å². The van der Waals surface area contributed by atoms with E-state index in [0.717, 1.165) is 0 Å². The third kappa shape index (κ3) is 4.42. The third-order valence-corrected chi connectivity index (χ3v) is 2.28. The van der Waals surface area contributed by atoms with Crippen LogP contribution in [-0.2, 0) is 9.59 Å². The van der Waals surface area contributed by atoms with Crippen molar-refractivity contribution in [3.05, 3.63) is 24.3 Å². The molecule has 1 aromatic rings. The highest BCUT2D eigenvalue weighted by molar-refractivity contribution is 5.92. The maximum atomic E-state index is 11.6. The van der Waals surface area contributed by atoms with Crippen molar-refractivity contribution in [1.29, 1.82) is 0 Å². The lowest BCUT2D eigenvalue weighted by molar-refractivity contribution is -0.120. The molecule has 5 N–H and O–H groups in total. The molecule has 0 aliphatic rings. The SMILES string of the molecule is CC(CN)C(=O)Nc1cccc(OCC(N)=O)c1. The summed E-state index contributed by atoms with van der Waals surface area (Å²) >= 11 is 0. The van der Waals surface area contributed by atoms with Crippen molar-refractivity contribution in [2.24, 2.45) is 17.4 Å². The van der Waals surface area contributed by atoms with Crippen molar-refractivity contribution in [3.8, 4) is 5.75 Å². The second-order valence-corrected chi connectivity index (χ2v) is 3.91. The van der Waals surface area contributed by atoms with Gasteiger partial charge < -0.3 is 21.5 Å². The van der Waals surface area contributed by atoms with Gasteiger partial charge in [-0.1, -0.05) is 13.0 Å². The van der Waals surface area contributed by atoms with Gasteiger partial charge in [-0.15, -0.1) is 0 Å². The van der Waals surface area contributed by atoms with E-state index in [4.69, 9.17) is 16.2 Å². The Kier molecular flexibility index (Phi) is 5.13. The van der Waals surface area contributed by atoms with Crippen LogP contribution in [0, 0.1) is 5.92 Å². The number of primary amides is 1. The number of anilines is 1. The second kappa shape index (κ2) is 6.61. The molecule has 0 heterocycles. The summed E-state index contributed by atoms with van der Waals surface area (Å²) in [6.45, 7) is 1.82. The van der Waals surface area contributed by atoms with Crippen LogP contribution in [-0.4, -0.2) is 25.0 Å². The number of rotatable bonds is 6. The first-order chi connectivity index (χ1) is 8.52. The zero-order valence-electron chi connectivity index (χ0n) is 10.2. The van der Waals surface area contributed by atoms with Crippen LogP contribution >= 0.6 is 0 Å². The Morgan fingerprint density at radius 3 is 2.78 bits per heavy atom. The Morgan fingerprint density at radius 1 is 1.44 bits per heavy atom. The zero-order chi connectivity index (χ0) is 13.5. The van der Waals surface area contributed by atoms with Crippen molar-refractivity contribution in [2.75, 3.05) is 18.5 Å². The molecule has 18 heavy (non-hydrogen) atoms. The summed E-state index contributed by atoms with van der Waals surface area (Å²) in [5.74, 6) is -0.516. The predicted octanol–water partition coefficient (Wildman–Crippen LogP) is 0.0840. The Labute approximate surface area is 105 Å². The standard InChI is InChI=1S/C12H17N3O3/c1-8(6-13)12(17)15-9-3-2-4-10(5-9)18-7-11(14)16/h2-5,8H,6-7,13H2,1H3,(H2,14,16)(H,15,17). The largest absolute Gasteiger partial charge is 0.484 e. The number of carbonyl (C=O) groups is 2. The van der Waals surface area contributed by atoms with Gasteiger partial charge in [-0.05, 0) is 12.1 Å². The van der Waals surface area contributed by atoms with Crippen LogP contribution in [0.4, 0.5) is 5.69 Å². The van der Waals surface area contributed by atoms with Gasteiger partial charge in [0.2, 0.25) is 5.91 Å². The third-order valence-electron chi connectivity index (χ3n) is 2.28. The van der Waals surface area contributed by atoms with E-state index >= 15 is 0 Å². The molecule has 0 bridgehead atoms. The van der Waals surface area contributed by atoms with Crippen molar-refractivity contribution < 1.29 is 14.3 Å². The summed E-state index contributed by atoms with van der Waals surface area (Å²) in [4.78, 5) is 22.2. The van der Waals surface area contributed by atoms with E-state index in [-0.39, 0.29) is 25.0 Å². The lowest BCUT2D eigenvalue weighted by Crippen LogP contribution is -2.26. The smallest absolute Gasteiger partial charge is 0.255 e. The summed E-state index contributed by atoms with van der Waals surface area (Å²) in [6.07, 6.45) is 0. The van der Waals surface area contributed by atoms with Crippen LogP contribution in [0.2, 0.25) is 0 Å². The Balaban J connectivity index is 2.64. The molecule has 1 rings (SSSR count). The number of carbonyl (C=O) groups excluding carboxylic acids is 2. The molecule has 0 radical (unpaired) electrons. The molecule has 1 atom stereocenters. The summed E-state index contributed by atoms with van der Waals surface area (Å²) in [7, 11) is 0. The monoisotopic (exact) mass is 251 g/mol. The number of hydrogen-bond donors (Lipinski definition) is 3. The predicted molar refractivity (Wildman–Crippen MR) is 68.0 cm³/mol. The number of benzene rings is 1.